The van der Waals surface area contributed by atoms with Crippen molar-refractivity contribution in [2.45, 2.75) is 47.0 Å². The summed E-state index contributed by atoms with van der Waals surface area (Å²) in [6.07, 6.45) is -6.13. The molecular weight excluding hydrogens is 500 g/mol. The fourth-order valence-electron chi connectivity index (χ4n) is 3.08. The van der Waals surface area contributed by atoms with Crippen LogP contribution in [0.3, 0.4) is 0 Å². The largest absolute Gasteiger partial charge is 0.507 e. The van der Waals surface area contributed by atoms with Crippen molar-refractivity contribution in [3.8, 4) is 5.75 Å². The van der Waals surface area contributed by atoms with E-state index in [0.29, 0.717) is 12.3 Å². The number of nitrogens with zero attached hydrogens (tertiary/aromatic N) is 1. The third kappa shape index (κ3) is 8.11. The van der Waals surface area contributed by atoms with Crippen LogP contribution in [0.15, 0.2) is 41.1 Å². The van der Waals surface area contributed by atoms with Gasteiger partial charge in [0.25, 0.3) is 0 Å². The number of fused-ring (bicyclic) bond motifs is 1. The Bertz CT molecular complexity index is 1010. The van der Waals surface area contributed by atoms with Crippen LogP contribution in [0.5, 0.6) is 5.75 Å². The molecular formula is C23H28F6NO3Ti-. The molecule has 3 rings (SSSR count). The number of benzene rings is 1. The number of aromatic hydroxyl groups is 1. The third-order valence-corrected chi connectivity index (χ3v) is 5.04. The van der Waals surface area contributed by atoms with Crippen LogP contribution in [0.2, 0.25) is 0 Å². The fraction of sp³-hybridized carbons (Fsp3) is 0.435. The molecule has 0 aliphatic heterocycles. The Morgan fingerprint density at radius 2 is 1.32 bits per heavy atom. The Morgan fingerprint density at radius 1 is 0.853 bits per heavy atom. The maximum absolute atomic E-state index is 12.7. The van der Waals surface area contributed by atoms with Crippen LogP contribution < -0.4 is 0 Å². The molecule has 0 spiro atoms. The summed E-state index contributed by atoms with van der Waals surface area (Å²) in [5, 5.41) is 22.5. The van der Waals surface area contributed by atoms with E-state index in [9.17, 15) is 31.4 Å². The molecule has 1 aliphatic rings. The molecule has 0 unspecified atom stereocenters. The second-order valence-electron chi connectivity index (χ2n) is 7.34. The van der Waals surface area contributed by atoms with Gasteiger partial charge in [-0.05, 0) is 12.1 Å². The summed E-state index contributed by atoms with van der Waals surface area (Å²) in [5.74, 6) is -1.47. The second-order valence-corrected chi connectivity index (χ2v) is 7.34. The number of allylic oxidation sites excluding steroid dienone is 4. The molecule has 0 radical (unpaired) electrons. The zero-order valence-corrected chi connectivity index (χ0v) is 21.4. The van der Waals surface area contributed by atoms with Gasteiger partial charge < -0.3 is 15.3 Å². The Kier molecular flexibility index (Phi) is 13.4. The van der Waals surface area contributed by atoms with E-state index >= 15 is 0 Å². The fourth-order valence-corrected chi connectivity index (χ4v) is 3.08. The Labute approximate surface area is 209 Å². The van der Waals surface area contributed by atoms with Crippen molar-refractivity contribution in [2.75, 3.05) is 14.2 Å². The molecule has 0 saturated heterocycles. The minimum absolute atomic E-state index is 0. The molecule has 0 saturated carbocycles. The van der Waals surface area contributed by atoms with Crippen molar-refractivity contribution in [3.63, 3.8) is 0 Å². The molecule has 0 fully saturated rings. The molecule has 1 aliphatic carbocycles. The number of aliphatic hydroxyl groups excluding tert-OH is 2. The zero-order chi connectivity index (χ0) is 26.4. The second kappa shape index (κ2) is 13.3. The summed E-state index contributed by atoms with van der Waals surface area (Å²) in [7, 11) is 2.00. The predicted octanol–water partition coefficient (Wildman–Crippen LogP) is 6.30. The number of rotatable bonds is 0. The van der Waals surface area contributed by atoms with E-state index in [1.165, 1.54) is 16.7 Å². The zero-order valence-electron chi connectivity index (χ0n) is 19.9. The first kappa shape index (κ1) is 34.3. The molecule has 1 aromatic carbocycles. The Morgan fingerprint density at radius 3 is 1.65 bits per heavy atom. The van der Waals surface area contributed by atoms with Gasteiger partial charge in [-0.3, -0.25) is 11.1 Å². The smallest absolute Gasteiger partial charge is 0.421 e. The van der Waals surface area contributed by atoms with Crippen molar-refractivity contribution in [2.24, 2.45) is 5.41 Å². The standard InChI is InChI=1S/C11H5F6NO.C10H15.2CH4O.Ti/c12-10(13,14)5-2-1-3-7-8(5)9(19)6(4-18-7)11(15,16)17;1-7-6-10(4,5)9(3)8(7)2;2*1-2;/h1-4H,(H,18,19);1-5H3;2*2H,1H3;/q;-1;;;. The Hall–Kier alpha value is -1.88. The molecule has 190 valence electrons. The molecule has 0 amide bonds. The molecule has 34 heavy (non-hydrogen) atoms. The van der Waals surface area contributed by atoms with Gasteiger partial charge in [-0.1, -0.05) is 39.2 Å². The number of aromatic nitrogens is 1. The summed E-state index contributed by atoms with van der Waals surface area (Å²) in [5.41, 5.74) is 1.07. The van der Waals surface area contributed by atoms with Crippen molar-refractivity contribution < 1.29 is 63.4 Å². The molecule has 1 heterocycles. The van der Waals surface area contributed by atoms with Crippen molar-refractivity contribution in [1.82, 2.24) is 4.98 Å². The molecule has 0 atom stereocenters. The van der Waals surface area contributed by atoms with E-state index in [2.05, 4.69) is 45.7 Å². The van der Waals surface area contributed by atoms with Crippen LogP contribution in [0.4, 0.5) is 26.3 Å². The number of hydrogen-bond donors (Lipinski definition) is 3. The molecule has 4 nitrogen and oxygen atoms in total. The topological polar surface area (TPSA) is 73.6 Å². The van der Waals surface area contributed by atoms with Crippen molar-refractivity contribution in [1.29, 1.82) is 0 Å². The van der Waals surface area contributed by atoms with E-state index in [1.54, 1.807) is 0 Å². The summed E-state index contributed by atoms with van der Waals surface area (Å²) in [6.45, 7) is 10.9. The first-order valence-electron chi connectivity index (χ1n) is 9.52. The average Bonchev–Trinajstić information content (AvgIpc) is 2.91. The average molecular weight is 528 g/mol. The minimum Gasteiger partial charge on any atom is -0.507 e. The van der Waals surface area contributed by atoms with Crippen molar-refractivity contribution >= 4 is 10.9 Å². The molecule has 1 aromatic heterocycles. The SMILES string of the molecule is CC1=[C-]C(C)(C)C(C)=C1C.CO.CO.Oc1c(C(F)(F)F)cnc2cccc(C(F)(F)F)c12.[Ti]. The van der Waals surface area contributed by atoms with Crippen LogP contribution in [0, 0.1) is 11.5 Å². The van der Waals surface area contributed by atoms with Gasteiger partial charge in [-0.15, -0.1) is 6.92 Å². The summed E-state index contributed by atoms with van der Waals surface area (Å²) >= 11 is 0. The van der Waals surface area contributed by atoms with Crippen LogP contribution in [0.25, 0.3) is 10.9 Å². The number of alkyl halides is 6. The van der Waals surface area contributed by atoms with E-state index in [0.717, 1.165) is 26.4 Å². The van der Waals surface area contributed by atoms with Crippen LogP contribution >= 0.6 is 0 Å². The maximum atomic E-state index is 12.7. The number of hydrogen-bond acceptors (Lipinski definition) is 4. The van der Waals surface area contributed by atoms with Gasteiger partial charge in [0, 0.05) is 42.1 Å². The first-order valence-corrected chi connectivity index (χ1v) is 9.52. The molecule has 11 heteroatoms. The Balaban J connectivity index is 0. The van der Waals surface area contributed by atoms with Gasteiger partial charge in [0.15, 0.2) is 0 Å². The molecule has 3 N–H and O–H groups in total. The van der Waals surface area contributed by atoms with Crippen LogP contribution in [-0.4, -0.2) is 34.5 Å². The van der Waals surface area contributed by atoms with Gasteiger partial charge in [0.1, 0.15) is 11.3 Å². The van der Waals surface area contributed by atoms with E-state index in [4.69, 9.17) is 10.2 Å². The first-order chi connectivity index (χ1) is 15.1. The summed E-state index contributed by atoms with van der Waals surface area (Å²) < 4.78 is 75.7. The molecule has 2 aromatic rings. The molecule has 0 bridgehead atoms. The summed E-state index contributed by atoms with van der Waals surface area (Å²) in [6, 6.07) is 2.68. The van der Waals surface area contributed by atoms with Crippen molar-refractivity contribution in [3.05, 3.63) is 58.3 Å². The normalized spacial score (nSPS) is 14.5. The van der Waals surface area contributed by atoms with Crippen LogP contribution in [-0.2, 0) is 34.1 Å². The number of aliphatic hydroxyl groups is 2. The third-order valence-electron chi connectivity index (χ3n) is 5.04. The predicted molar refractivity (Wildman–Crippen MR) is 114 cm³/mol. The summed E-state index contributed by atoms with van der Waals surface area (Å²) in [4.78, 5) is 3.30. The van der Waals surface area contributed by atoms with Gasteiger partial charge in [-0.25, -0.2) is 5.57 Å². The van der Waals surface area contributed by atoms with Gasteiger partial charge in [0.2, 0.25) is 0 Å². The van der Waals surface area contributed by atoms with E-state index in [1.807, 2.05) is 0 Å². The van der Waals surface area contributed by atoms with E-state index < -0.39 is 34.6 Å². The minimum atomic E-state index is -4.98. The number of pyridine rings is 1. The van der Waals surface area contributed by atoms with Crippen LogP contribution in [0.1, 0.15) is 45.7 Å². The number of halogens is 6. The maximum Gasteiger partial charge on any atom is 0.421 e. The van der Waals surface area contributed by atoms with Gasteiger partial charge in [-0.2, -0.15) is 37.5 Å². The van der Waals surface area contributed by atoms with Gasteiger partial charge in [0.05, 0.1) is 16.5 Å². The quantitative estimate of drug-likeness (QED) is 0.213. The van der Waals surface area contributed by atoms with Gasteiger partial charge >= 0.3 is 12.4 Å². The van der Waals surface area contributed by atoms with E-state index in [-0.39, 0.29) is 32.6 Å². The monoisotopic (exact) mass is 528 g/mol.